The lowest BCUT2D eigenvalue weighted by Gasteiger charge is -2.27. The van der Waals surface area contributed by atoms with Gasteiger partial charge in [0, 0.05) is 45.4 Å². The molecule has 0 saturated carbocycles. The third-order valence-corrected chi connectivity index (χ3v) is 7.92. The molecule has 0 radical (unpaired) electrons. The van der Waals surface area contributed by atoms with Gasteiger partial charge in [-0.05, 0) is 36.3 Å². The summed E-state index contributed by atoms with van der Waals surface area (Å²) in [5.74, 6) is 0.592. The Hall–Kier alpha value is -3.97. The van der Waals surface area contributed by atoms with Crippen LogP contribution in [0.15, 0.2) is 95.8 Å². The molecule has 7 heteroatoms. The Bertz CT molecular complexity index is 1430. The summed E-state index contributed by atoms with van der Waals surface area (Å²) < 4.78 is 23.9. The van der Waals surface area contributed by atoms with Crippen molar-refractivity contribution in [2.24, 2.45) is 0 Å². The minimum absolute atomic E-state index is 0.215. The van der Waals surface area contributed by atoms with Crippen LogP contribution in [0.1, 0.15) is 37.8 Å². The Morgan fingerprint density at radius 2 is 1.32 bits per heavy atom. The molecule has 0 aromatic heterocycles. The van der Waals surface area contributed by atoms with Crippen molar-refractivity contribution in [3.8, 4) is 11.5 Å². The van der Waals surface area contributed by atoms with E-state index in [9.17, 15) is 9.59 Å². The van der Waals surface area contributed by atoms with Crippen LogP contribution in [0.5, 0.6) is 11.5 Å². The van der Waals surface area contributed by atoms with E-state index >= 15 is 0 Å². The SMILES string of the molecule is C=CC(=O)OC(CC)COc1c2c(c(OCC(CC)OC(=O)C=C)c3ccccc13)CC(Sc1ccccc1)=CC2. The number of esters is 2. The number of carbonyl (C=O) groups excluding carboxylic acids is 2. The summed E-state index contributed by atoms with van der Waals surface area (Å²) in [4.78, 5) is 26.1. The Balaban J connectivity index is 1.73. The highest BCUT2D eigenvalue weighted by Gasteiger charge is 2.26. The largest absolute Gasteiger partial charge is 0.489 e. The summed E-state index contributed by atoms with van der Waals surface area (Å²) in [7, 11) is 0. The van der Waals surface area contributed by atoms with Crippen molar-refractivity contribution in [3.63, 3.8) is 0 Å². The Labute approximate surface area is 246 Å². The fourth-order valence-corrected chi connectivity index (χ4v) is 5.62. The van der Waals surface area contributed by atoms with Crippen LogP contribution in [0.3, 0.4) is 0 Å². The molecule has 3 aromatic carbocycles. The first-order valence-electron chi connectivity index (χ1n) is 13.9. The predicted octanol–water partition coefficient (Wildman–Crippen LogP) is 7.39. The number of allylic oxidation sites excluding steroid dienone is 2. The van der Waals surface area contributed by atoms with E-state index in [0.717, 1.165) is 33.4 Å². The second-order valence-electron chi connectivity index (χ2n) is 9.59. The highest BCUT2D eigenvalue weighted by molar-refractivity contribution is 8.03. The fraction of sp³-hybridized carbons (Fsp3) is 0.294. The monoisotopic (exact) mass is 572 g/mol. The van der Waals surface area contributed by atoms with Crippen LogP contribution in [-0.2, 0) is 31.9 Å². The van der Waals surface area contributed by atoms with E-state index in [4.69, 9.17) is 18.9 Å². The molecule has 1 aliphatic carbocycles. The molecule has 0 saturated heterocycles. The third kappa shape index (κ3) is 7.61. The van der Waals surface area contributed by atoms with Crippen LogP contribution < -0.4 is 9.47 Å². The summed E-state index contributed by atoms with van der Waals surface area (Å²) in [5.41, 5.74) is 2.08. The molecule has 0 aliphatic heterocycles. The summed E-state index contributed by atoms with van der Waals surface area (Å²) in [6.07, 6.45) is 6.30. The Kier molecular flexibility index (Phi) is 10.7. The fourth-order valence-electron chi connectivity index (χ4n) is 4.64. The van der Waals surface area contributed by atoms with Crippen LogP contribution in [0.25, 0.3) is 10.8 Å². The van der Waals surface area contributed by atoms with Crippen molar-refractivity contribution in [3.05, 3.63) is 102 Å². The maximum Gasteiger partial charge on any atom is 0.330 e. The number of fused-ring (bicyclic) bond motifs is 2. The molecule has 1 aliphatic rings. The molecule has 2 unspecified atom stereocenters. The Morgan fingerprint density at radius 1 is 0.805 bits per heavy atom. The van der Waals surface area contributed by atoms with Gasteiger partial charge in [0.1, 0.15) is 36.9 Å². The lowest BCUT2D eigenvalue weighted by molar-refractivity contribution is -0.145. The zero-order chi connectivity index (χ0) is 29.2. The van der Waals surface area contributed by atoms with E-state index < -0.39 is 24.1 Å². The second kappa shape index (κ2) is 14.6. The number of hydrogen-bond acceptors (Lipinski definition) is 7. The highest BCUT2D eigenvalue weighted by atomic mass is 32.2. The molecule has 214 valence electrons. The maximum absolute atomic E-state index is 11.9. The first kappa shape index (κ1) is 30.0. The quantitative estimate of drug-likeness (QED) is 0.147. The minimum atomic E-state index is -0.469. The number of carbonyl (C=O) groups is 2. The van der Waals surface area contributed by atoms with Crippen LogP contribution in [0.4, 0.5) is 0 Å². The average Bonchev–Trinajstić information content (AvgIpc) is 3.01. The predicted molar refractivity (Wildman–Crippen MR) is 163 cm³/mol. The molecule has 2 atom stereocenters. The van der Waals surface area contributed by atoms with Crippen molar-refractivity contribution in [2.45, 2.75) is 56.6 Å². The van der Waals surface area contributed by atoms with Crippen molar-refractivity contribution in [1.29, 1.82) is 0 Å². The smallest absolute Gasteiger partial charge is 0.330 e. The van der Waals surface area contributed by atoms with Crippen molar-refractivity contribution >= 4 is 34.5 Å². The number of hydrogen-bond donors (Lipinski definition) is 0. The van der Waals surface area contributed by atoms with Crippen LogP contribution in [-0.4, -0.2) is 37.4 Å². The van der Waals surface area contributed by atoms with Crippen LogP contribution in [0.2, 0.25) is 0 Å². The Morgan fingerprint density at radius 3 is 1.83 bits per heavy atom. The van der Waals surface area contributed by atoms with E-state index in [1.807, 2.05) is 56.3 Å². The molecule has 41 heavy (non-hydrogen) atoms. The number of ether oxygens (including phenoxy) is 4. The van der Waals surface area contributed by atoms with Gasteiger partial charge in [0.2, 0.25) is 0 Å². The van der Waals surface area contributed by atoms with Gasteiger partial charge < -0.3 is 18.9 Å². The lowest BCUT2D eigenvalue weighted by Crippen LogP contribution is -2.25. The first-order valence-corrected chi connectivity index (χ1v) is 14.7. The van der Waals surface area contributed by atoms with Crippen LogP contribution >= 0.6 is 11.8 Å². The standard InChI is InChI=1S/C34H36O6S/c1-5-23(39-31(35)7-3)21-37-33-27-16-12-13-17-28(27)34(38-22-24(6-2)40-32(36)8-4)30-20-26(18-19-29(30)33)41-25-14-10-9-11-15-25/h7-18,23-24H,3-6,19-22H2,1-2H3. The lowest BCUT2D eigenvalue weighted by atomic mass is 9.90. The summed E-state index contributed by atoms with van der Waals surface area (Å²) in [5, 5.41) is 1.82. The molecule has 0 bridgehead atoms. The van der Waals surface area contributed by atoms with Gasteiger partial charge in [-0.2, -0.15) is 0 Å². The molecule has 6 nitrogen and oxygen atoms in total. The molecule has 0 heterocycles. The van der Waals surface area contributed by atoms with Gasteiger partial charge in [0.15, 0.2) is 0 Å². The van der Waals surface area contributed by atoms with Gasteiger partial charge in [-0.25, -0.2) is 9.59 Å². The molecule has 4 rings (SSSR count). The van der Waals surface area contributed by atoms with E-state index in [1.165, 1.54) is 22.0 Å². The number of benzene rings is 3. The maximum atomic E-state index is 11.9. The summed E-state index contributed by atoms with van der Waals surface area (Å²) in [6.45, 7) is 11.3. The van der Waals surface area contributed by atoms with E-state index in [1.54, 1.807) is 11.8 Å². The van der Waals surface area contributed by atoms with Gasteiger partial charge in [-0.1, -0.05) is 87.3 Å². The van der Waals surface area contributed by atoms with E-state index in [0.29, 0.717) is 25.7 Å². The van der Waals surface area contributed by atoms with Crippen LogP contribution in [0, 0.1) is 0 Å². The molecule has 0 amide bonds. The summed E-state index contributed by atoms with van der Waals surface area (Å²) >= 11 is 1.74. The zero-order valence-corrected chi connectivity index (χ0v) is 24.4. The van der Waals surface area contributed by atoms with Gasteiger partial charge in [-0.3, -0.25) is 0 Å². The molecular formula is C34H36O6S. The normalized spacial score (nSPS) is 13.8. The molecule has 0 spiro atoms. The van der Waals surface area contributed by atoms with Gasteiger partial charge in [0.25, 0.3) is 0 Å². The molecular weight excluding hydrogens is 536 g/mol. The topological polar surface area (TPSA) is 71.1 Å². The first-order chi connectivity index (χ1) is 20.0. The number of rotatable bonds is 14. The molecule has 3 aromatic rings. The zero-order valence-electron chi connectivity index (χ0n) is 23.6. The molecule has 0 fully saturated rings. The van der Waals surface area contributed by atoms with Crippen molar-refractivity contribution in [2.75, 3.05) is 13.2 Å². The van der Waals surface area contributed by atoms with Gasteiger partial charge in [-0.15, -0.1) is 0 Å². The second-order valence-corrected chi connectivity index (χ2v) is 10.8. The van der Waals surface area contributed by atoms with Gasteiger partial charge >= 0.3 is 11.9 Å². The van der Waals surface area contributed by atoms with Crippen molar-refractivity contribution in [1.82, 2.24) is 0 Å². The van der Waals surface area contributed by atoms with Crippen molar-refractivity contribution < 1.29 is 28.5 Å². The minimum Gasteiger partial charge on any atom is -0.489 e. The van der Waals surface area contributed by atoms with E-state index in [-0.39, 0.29) is 13.2 Å². The molecule has 0 N–H and O–H groups in total. The average molecular weight is 573 g/mol. The third-order valence-electron chi connectivity index (χ3n) is 6.84. The highest BCUT2D eigenvalue weighted by Crippen LogP contribution is 2.46. The summed E-state index contributed by atoms with van der Waals surface area (Å²) in [6, 6.07) is 18.3. The van der Waals surface area contributed by atoms with E-state index in [2.05, 4.69) is 31.4 Å². The number of thioether (sulfide) groups is 1. The van der Waals surface area contributed by atoms with Gasteiger partial charge in [0.05, 0.1) is 0 Å².